The van der Waals surface area contributed by atoms with Crippen LogP contribution in [0.3, 0.4) is 0 Å². The van der Waals surface area contributed by atoms with Gasteiger partial charge in [0.2, 0.25) is 0 Å². The molecule has 0 amide bonds. The number of carbonyl (C=O) groups is 1. The highest BCUT2D eigenvalue weighted by Crippen LogP contribution is 2.27. The van der Waals surface area contributed by atoms with Crippen molar-refractivity contribution in [2.45, 2.75) is 36.0 Å². The first kappa shape index (κ1) is 12.1. The molecule has 1 aliphatic rings. The summed E-state index contributed by atoms with van der Waals surface area (Å²) in [6, 6.07) is 8.03. The van der Waals surface area contributed by atoms with E-state index in [1.807, 2.05) is 6.92 Å². The number of esters is 1. The van der Waals surface area contributed by atoms with Crippen LogP contribution in [0.5, 0.6) is 0 Å². The minimum atomic E-state index is -3.61. The van der Waals surface area contributed by atoms with E-state index in [-0.39, 0.29) is 17.4 Å². The molecule has 0 spiro atoms. The Kier molecular flexibility index (Phi) is 3.19. The van der Waals surface area contributed by atoms with Gasteiger partial charge in [0.1, 0.15) is 6.10 Å². The van der Waals surface area contributed by atoms with Crippen LogP contribution in [0.25, 0.3) is 0 Å². The molecule has 0 bridgehead atoms. The van der Waals surface area contributed by atoms with E-state index in [4.69, 9.17) is 4.74 Å². The molecular formula is C12H14O4S. The monoisotopic (exact) mass is 254 g/mol. The summed E-state index contributed by atoms with van der Waals surface area (Å²) in [5, 5.41) is -1.05. The number of cyclic esters (lactones) is 1. The van der Waals surface area contributed by atoms with Crippen molar-refractivity contribution in [3.05, 3.63) is 30.3 Å². The van der Waals surface area contributed by atoms with Crippen molar-refractivity contribution in [3.63, 3.8) is 0 Å². The molecule has 2 rings (SSSR count). The summed E-state index contributed by atoms with van der Waals surface area (Å²) >= 11 is 0. The lowest BCUT2D eigenvalue weighted by molar-refractivity contribution is -0.141. The predicted molar refractivity (Wildman–Crippen MR) is 62.2 cm³/mol. The SMILES string of the molecule is CC[C@H]1C[C@H](S(=O)(=O)c2ccccc2)C(=O)O1. The van der Waals surface area contributed by atoms with Gasteiger partial charge in [-0.2, -0.15) is 0 Å². The standard InChI is InChI=1S/C12H14O4S/c1-2-9-8-11(12(13)16-9)17(14,15)10-6-4-3-5-7-10/h3-7,9,11H,2,8H2,1H3/t9-,11-/m0/s1. The molecule has 1 aromatic rings. The number of rotatable bonds is 3. The molecule has 4 nitrogen and oxygen atoms in total. The third kappa shape index (κ3) is 2.20. The quantitative estimate of drug-likeness (QED) is 0.768. The average molecular weight is 254 g/mol. The summed E-state index contributed by atoms with van der Waals surface area (Å²) in [5.41, 5.74) is 0. The van der Waals surface area contributed by atoms with Crippen molar-refractivity contribution < 1.29 is 17.9 Å². The van der Waals surface area contributed by atoms with Crippen molar-refractivity contribution in [2.24, 2.45) is 0 Å². The number of hydrogen-bond acceptors (Lipinski definition) is 4. The molecule has 0 saturated carbocycles. The lowest BCUT2D eigenvalue weighted by Gasteiger charge is -2.07. The number of benzene rings is 1. The Bertz CT molecular complexity index is 507. The molecule has 1 heterocycles. The van der Waals surface area contributed by atoms with Crippen LogP contribution in [-0.4, -0.2) is 25.7 Å². The Labute approximate surface area is 101 Å². The second-order valence-electron chi connectivity index (χ2n) is 4.05. The highest BCUT2D eigenvalue weighted by Gasteiger charge is 2.43. The van der Waals surface area contributed by atoms with E-state index in [1.54, 1.807) is 18.2 Å². The van der Waals surface area contributed by atoms with Crippen molar-refractivity contribution in [1.82, 2.24) is 0 Å². The Morgan fingerprint density at radius 1 is 1.29 bits per heavy atom. The van der Waals surface area contributed by atoms with Gasteiger partial charge in [-0.25, -0.2) is 8.42 Å². The van der Waals surface area contributed by atoms with E-state index in [0.717, 1.165) is 0 Å². The zero-order chi connectivity index (χ0) is 12.5. The highest BCUT2D eigenvalue weighted by atomic mass is 32.2. The predicted octanol–water partition coefficient (Wildman–Crippen LogP) is 1.55. The first-order valence-corrected chi connectivity index (χ1v) is 7.09. The molecule has 1 fully saturated rings. The third-order valence-electron chi connectivity index (χ3n) is 2.92. The van der Waals surface area contributed by atoms with Gasteiger partial charge in [-0.3, -0.25) is 4.79 Å². The fourth-order valence-electron chi connectivity index (χ4n) is 1.90. The second kappa shape index (κ2) is 4.49. The van der Waals surface area contributed by atoms with E-state index in [0.29, 0.717) is 6.42 Å². The Hall–Kier alpha value is -1.36. The first-order valence-electron chi connectivity index (χ1n) is 5.55. The molecule has 1 aliphatic heterocycles. The van der Waals surface area contributed by atoms with Crippen molar-refractivity contribution in [3.8, 4) is 0 Å². The summed E-state index contributed by atoms with van der Waals surface area (Å²) in [5.74, 6) is -0.624. The zero-order valence-electron chi connectivity index (χ0n) is 9.50. The Morgan fingerprint density at radius 3 is 2.47 bits per heavy atom. The number of hydrogen-bond donors (Lipinski definition) is 0. The van der Waals surface area contributed by atoms with Gasteiger partial charge in [-0.15, -0.1) is 0 Å². The smallest absolute Gasteiger partial charge is 0.325 e. The molecule has 1 saturated heterocycles. The summed E-state index contributed by atoms with van der Waals surface area (Å²) in [6.07, 6.45) is 0.630. The lowest BCUT2D eigenvalue weighted by atomic mass is 10.2. The van der Waals surface area contributed by atoms with Gasteiger partial charge in [-0.1, -0.05) is 25.1 Å². The van der Waals surface area contributed by atoms with Gasteiger partial charge in [0.15, 0.2) is 15.1 Å². The molecule has 0 unspecified atom stereocenters. The molecule has 0 N–H and O–H groups in total. The normalized spacial score (nSPS) is 24.6. The van der Waals surface area contributed by atoms with Gasteiger partial charge >= 0.3 is 5.97 Å². The molecule has 17 heavy (non-hydrogen) atoms. The summed E-state index contributed by atoms with van der Waals surface area (Å²) in [7, 11) is -3.61. The van der Waals surface area contributed by atoms with Gasteiger partial charge in [0.25, 0.3) is 0 Å². The fraction of sp³-hybridized carbons (Fsp3) is 0.417. The molecule has 0 radical (unpaired) electrons. The molecule has 0 aliphatic carbocycles. The van der Waals surface area contributed by atoms with Crippen LogP contribution in [0.1, 0.15) is 19.8 Å². The zero-order valence-corrected chi connectivity index (χ0v) is 10.3. The highest BCUT2D eigenvalue weighted by molar-refractivity contribution is 7.92. The van der Waals surface area contributed by atoms with Crippen LogP contribution >= 0.6 is 0 Å². The number of carbonyl (C=O) groups excluding carboxylic acids is 1. The van der Waals surface area contributed by atoms with Crippen LogP contribution in [0, 0.1) is 0 Å². The number of sulfone groups is 1. The van der Waals surface area contributed by atoms with E-state index < -0.39 is 21.1 Å². The molecule has 92 valence electrons. The number of ether oxygens (including phenoxy) is 1. The van der Waals surface area contributed by atoms with Crippen LogP contribution < -0.4 is 0 Å². The largest absolute Gasteiger partial charge is 0.461 e. The summed E-state index contributed by atoms with van der Waals surface area (Å²) in [4.78, 5) is 11.7. The van der Waals surface area contributed by atoms with E-state index in [1.165, 1.54) is 12.1 Å². The van der Waals surface area contributed by atoms with Crippen LogP contribution in [0.4, 0.5) is 0 Å². The van der Waals surface area contributed by atoms with Gasteiger partial charge < -0.3 is 4.74 Å². The average Bonchev–Trinajstić information content (AvgIpc) is 2.72. The van der Waals surface area contributed by atoms with Crippen molar-refractivity contribution in [1.29, 1.82) is 0 Å². The fourth-order valence-corrected chi connectivity index (χ4v) is 3.54. The molecule has 0 aromatic heterocycles. The summed E-state index contributed by atoms with van der Waals surface area (Å²) in [6.45, 7) is 1.87. The van der Waals surface area contributed by atoms with E-state index in [9.17, 15) is 13.2 Å². The van der Waals surface area contributed by atoms with Crippen LogP contribution in [0.2, 0.25) is 0 Å². The Balaban J connectivity index is 2.32. The molecular weight excluding hydrogens is 240 g/mol. The maximum absolute atomic E-state index is 12.2. The van der Waals surface area contributed by atoms with Crippen LogP contribution in [0.15, 0.2) is 35.2 Å². The Morgan fingerprint density at radius 2 is 1.94 bits per heavy atom. The topological polar surface area (TPSA) is 60.4 Å². The van der Waals surface area contributed by atoms with Crippen molar-refractivity contribution in [2.75, 3.05) is 0 Å². The van der Waals surface area contributed by atoms with Gasteiger partial charge in [-0.05, 0) is 18.6 Å². The molecule has 5 heteroatoms. The first-order chi connectivity index (χ1) is 8.05. The summed E-state index contributed by atoms with van der Waals surface area (Å²) < 4.78 is 29.4. The molecule has 2 atom stereocenters. The van der Waals surface area contributed by atoms with Gasteiger partial charge in [0, 0.05) is 6.42 Å². The maximum Gasteiger partial charge on any atom is 0.325 e. The lowest BCUT2D eigenvalue weighted by Crippen LogP contribution is -2.26. The maximum atomic E-state index is 12.2. The van der Waals surface area contributed by atoms with Crippen LogP contribution in [-0.2, 0) is 19.4 Å². The van der Waals surface area contributed by atoms with Crippen molar-refractivity contribution >= 4 is 15.8 Å². The van der Waals surface area contributed by atoms with E-state index >= 15 is 0 Å². The van der Waals surface area contributed by atoms with Gasteiger partial charge in [0.05, 0.1) is 4.90 Å². The minimum absolute atomic E-state index is 0.179. The minimum Gasteiger partial charge on any atom is -0.461 e. The second-order valence-corrected chi connectivity index (χ2v) is 6.18. The molecule has 1 aromatic carbocycles. The van der Waals surface area contributed by atoms with E-state index in [2.05, 4.69) is 0 Å². The third-order valence-corrected chi connectivity index (χ3v) is 4.99.